The molecule has 156 valence electrons. The van der Waals surface area contributed by atoms with Crippen LogP contribution < -0.4 is 5.56 Å². The molecular weight excluding hydrogens is 416 g/mol. The summed E-state index contributed by atoms with van der Waals surface area (Å²) in [6.07, 6.45) is 1.68. The Morgan fingerprint density at radius 3 is 2.67 bits per heavy atom. The normalized spacial score (nSPS) is 14.9. The van der Waals surface area contributed by atoms with Crippen LogP contribution in [-0.4, -0.2) is 57.2 Å². The number of piperazine rings is 1. The quantitative estimate of drug-likeness (QED) is 0.321. The van der Waals surface area contributed by atoms with Crippen LogP contribution in [0.3, 0.4) is 0 Å². The van der Waals surface area contributed by atoms with Crippen LogP contribution in [0.15, 0.2) is 64.4 Å². The average Bonchev–Trinajstić information content (AvgIpc) is 3.24. The molecule has 0 atom stereocenters. The number of hydrogen-bond donors (Lipinski definition) is 0. The Labute approximate surface area is 183 Å². The second-order valence-corrected chi connectivity index (χ2v) is 9.01. The van der Waals surface area contributed by atoms with Crippen molar-refractivity contribution in [3.8, 4) is 0 Å². The molecule has 8 heteroatoms. The van der Waals surface area contributed by atoms with Gasteiger partial charge in [-0.2, -0.15) is 0 Å². The van der Waals surface area contributed by atoms with Crippen molar-refractivity contribution in [2.24, 2.45) is 0 Å². The van der Waals surface area contributed by atoms with Gasteiger partial charge in [-0.25, -0.2) is 4.98 Å². The van der Waals surface area contributed by atoms with E-state index in [0.717, 1.165) is 32.7 Å². The maximum Gasteiger partial charge on any atom is 0.263 e. The van der Waals surface area contributed by atoms with Gasteiger partial charge in [0.1, 0.15) is 4.83 Å². The van der Waals surface area contributed by atoms with Crippen molar-refractivity contribution in [1.82, 2.24) is 19.4 Å². The molecule has 3 aromatic rings. The lowest BCUT2D eigenvalue weighted by molar-refractivity contribution is -0.130. The molecule has 0 spiro atoms. The minimum atomic E-state index is -0.0781. The molecular formula is C22H24N4O2S2. The molecule has 0 unspecified atom stereocenters. The summed E-state index contributed by atoms with van der Waals surface area (Å²) in [5.74, 6) is 0.365. The number of thiophene rings is 1. The molecule has 0 radical (unpaired) electrons. The summed E-state index contributed by atoms with van der Waals surface area (Å²) >= 11 is 2.77. The lowest BCUT2D eigenvalue weighted by Gasteiger charge is -2.34. The number of rotatable bonds is 7. The average molecular weight is 441 g/mol. The molecule has 1 aliphatic rings. The summed E-state index contributed by atoms with van der Waals surface area (Å²) in [4.78, 5) is 35.1. The van der Waals surface area contributed by atoms with E-state index in [1.165, 1.54) is 28.7 Å². The van der Waals surface area contributed by atoms with Gasteiger partial charge in [0.25, 0.3) is 5.56 Å². The van der Waals surface area contributed by atoms with E-state index in [2.05, 4.69) is 40.7 Å². The van der Waals surface area contributed by atoms with E-state index >= 15 is 0 Å². The van der Waals surface area contributed by atoms with E-state index in [9.17, 15) is 9.59 Å². The zero-order valence-corrected chi connectivity index (χ0v) is 18.3. The third-order valence-corrected chi connectivity index (χ3v) is 6.93. The predicted octanol–water partition coefficient (Wildman–Crippen LogP) is 3.08. The van der Waals surface area contributed by atoms with Gasteiger partial charge in [-0.1, -0.05) is 48.2 Å². The molecule has 1 aromatic carbocycles. The largest absolute Gasteiger partial charge is 0.339 e. The fourth-order valence-electron chi connectivity index (χ4n) is 3.54. The molecule has 0 aliphatic carbocycles. The Hall–Kier alpha value is -2.42. The van der Waals surface area contributed by atoms with E-state index in [1.54, 1.807) is 16.7 Å². The van der Waals surface area contributed by atoms with Gasteiger partial charge in [0.2, 0.25) is 5.91 Å². The van der Waals surface area contributed by atoms with Crippen molar-refractivity contribution >= 4 is 39.2 Å². The van der Waals surface area contributed by atoms with E-state index in [-0.39, 0.29) is 17.2 Å². The fraction of sp³-hybridized carbons (Fsp3) is 0.318. The van der Waals surface area contributed by atoms with Crippen LogP contribution in [0.25, 0.3) is 10.2 Å². The summed E-state index contributed by atoms with van der Waals surface area (Å²) in [7, 11) is 0. The summed E-state index contributed by atoms with van der Waals surface area (Å²) < 4.78 is 1.60. The van der Waals surface area contributed by atoms with E-state index in [4.69, 9.17) is 0 Å². The standard InChI is InChI=1S/C22H24N4O2S2/c1-2-9-26-21(28)18-8-14-29-20(18)23-22(26)30-16-19(27)25-12-10-24(11-13-25)15-17-6-4-3-5-7-17/h2-8,14H,1,9-13,15-16H2. The summed E-state index contributed by atoms with van der Waals surface area (Å²) in [6.45, 7) is 8.22. The highest BCUT2D eigenvalue weighted by atomic mass is 32.2. The van der Waals surface area contributed by atoms with Crippen LogP contribution in [0.5, 0.6) is 0 Å². The molecule has 3 heterocycles. The molecule has 30 heavy (non-hydrogen) atoms. The van der Waals surface area contributed by atoms with Gasteiger partial charge in [0, 0.05) is 39.3 Å². The van der Waals surface area contributed by atoms with Gasteiger partial charge in [-0.3, -0.25) is 19.1 Å². The number of carbonyl (C=O) groups is 1. The van der Waals surface area contributed by atoms with Crippen LogP contribution >= 0.6 is 23.1 Å². The van der Waals surface area contributed by atoms with Gasteiger partial charge in [-0.15, -0.1) is 17.9 Å². The molecule has 6 nitrogen and oxygen atoms in total. The Morgan fingerprint density at radius 2 is 1.93 bits per heavy atom. The van der Waals surface area contributed by atoms with E-state index < -0.39 is 0 Å². The molecule has 1 amide bonds. The minimum Gasteiger partial charge on any atom is -0.339 e. The number of fused-ring (bicyclic) bond motifs is 1. The van der Waals surface area contributed by atoms with Crippen molar-refractivity contribution in [2.75, 3.05) is 31.9 Å². The van der Waals surface area contributed by atoms with Crippen LogP contribution in [0.4, 0.5) is 0 Å². The summed E-state index contributed by atoms with van der Waals surface area (Å²) in [5.41, 5.74) is 1.22. The Morgan fingerprint density at radius 1 is 1.17 bits per heavy atom. The van der Waals surface area contributed by atoms with Crippen LogP contribution in [-0.2, 0) is 17.9 Å². The number of aromatic nitrogens is 2. The third-order valence-electron chi connectivity index (χ3n) is 5.16. The summed E-state index contributed by atoms with van der Waals surface area (Å²) in [5, 5.41) is 3.06. The van der Waals surface area contributed by atoms with Gasteiger partial charge in [0.05, 0.1) is 11.1 Å². The van der Waals surface area contributed by atoms with Crippen molar-refractivity contribution in [3.63, 3.8) is 0 Å². The van der Waals surface area contributed by atoms with Crippen LogP contribution in [0, 0.1) is 0 Å². The smallest absolute Gasteiger partial charge is 0.263 e. The maximum atomic E-state index is 12.8. The number of allylic oxidation sites excluding steroid dienone is 1. The zero-order valence-electron chi connectivity index (χ0n) is 16.7. The molecule has 4 rings (SSSR count). The number of carbonyl (C=O) groups excluding carboxylic acids is 1. The lowest BCUT2D eigenvalue weighted by atomic mass is 10.2. The topological polar surface area (TPSA) is 58.4 Å². The second kappa shape index (κ2) is 9.59. The van der Waals surface area contributed by atoms with Crippen molar-refractivity contribution in [2.45, 2.75) is 18.2 Å². The highest BCUT2D eigenvalue weighted by molar-refractivity contribution is 7.99. The SMILES string of the molecule is C=CCn1c(SCC(=O)N2CCN(Cc3ccccc3)CC2)nc2sccc2c1=O. The zero-order chi connectivity index (χ0) is 20.9. The summed E-state index contributed by atoms with van der Waals surface area (Å²) in [6, 6.07) is 12.2. The first-order valence-corrected chi connectivity index (χ1v) is 11.8. The lowest BCUT2D eigenvalue weighted by Crippen LogP contribution is -2.48. The molecule has 1 saturated heterocycles. The Balaban J connectivity index is 1.36. The van der Waals surface area contributed by atoms with Crippen molar-refractivity contribution in [3.05, 3.63) is 70.4 Å². The minimum absolute atomic E-state index is 0.0781. The number of hydrogen-bond acceptors (Lipinski definition) is 6. The highest BCUT2D eigenvalue weighted by Gasteiger charge is 2.22. The first kappa shape index (κ1) is 20.8. The van der Waals surface area contributed by atoms with Crippen LogP contribution in [0.2, 0.25) is 0 Å². The highest BCUT2D eigenvalue weighted by Crippen LogP contribution is 2.22. The van der Waals surface area contributed by atoms with Gasteiger partial charge in [-0.05, 0) is 17.0 Å². The second-order valence-electron chi connectivity index (χ2n) is 7.17. The third kappa shape index (κ3) is 4.66. The first-order chi connectivity index (χ1) is 14.7. The molecule has 0 bridgehead atoms. The van der Waals surface area contributed by atoms with Crippen molar-refractivity contribution in [1.29, 1.82) is 0 Å². The molecule has 0 saturated carbocycles. The number of amides is 1. The predicted molar refractivity (Wildman–Crippen MR) is 123 cm³/mol. The first-order valence-electron chi connectivity index (χ1n) is 9.91. The van der Waals surface area contributed by atoms with Gasteiger partial charge >= 0.3 is 0 Å². The van der Waals surface area contributed by atoms with Gasteiger partial charge in [0.15, 0.2) is 5.16 Å². The van der Waals surface area contributed by atoms with Crippen molar-refractivity contribution < 1.29 is 4.79 Å². The molecule has 2 aromatic heterocycles. The number of benzene rings is 1. The molecule has 0 N–H and O–H groups in total. The number of nitrogens with zero attached hydrogens (tertiary/aromatic N) is 4. The fourth-order valence-corrected chi connectivity index (χ4v) is 5.26. The van der Waals surface area contributed by atoms with Crippen LogP contribution in [0.1, 0.15) is 5.56 Å². The Kier molecular flexibility index (Phi) is 6.66. The number of thioether (sulfide) groups is 1. The van der Waals surface area contributed by atoms with Gasteiger partial charge < -0.3 is 4.90 Å². The maximum absolute atomic E-state index is 12.8. The Bertz CT molecular complexity index is 1090. The van der Waals surface area contributed by atoms with E-state index in [1.807, 2.05) is 16.3 Å². The van der Waals surface area contributed by atoms with E-state index in [0.29, 0.717) is 21.9 Å². The monoisotopic (exact) mass is 440 g/mol. The molecule has 1 aliphatic heterocycles. The molecule has 1 fully saturated rings.